The van der Waals surface area contributed by atoms with Gasteiger partial charge >= 0.3 is 5.97 Å². The number of aliphatic carboxylic acids is 1. The number of carbonyl (C=O) groups is 1. The minimum atomic E-state index is -0.880. The predicted molar refractivity (Wildman–Crippen MR) is 71.1 cm³/mol. The van der Waals surface area contributed by atoms with E-state index in [9.17, 15) is 4.79 Å². The molecule has 0 bridgehead atoms. The van der Waals surface area contributed by atoms with Gasteiger partial charge in [-0.1, -0.05) is 0 Å². The molecule has 1 aromatic heterocycles. The molecule has 18 heavy (non-hydrogen) atoms. The van der Waals surface area contributed by atoms with E-state index < -0.39 is 5.97 Å². The molecule has 0 fully saturated rings. The summed E-state index contributed by atoms with van der Waals surface area (Å²) in [6.07, 6.45) is 1.64. The molecule has 0 aromatic carbocycles. The first-order valence-corrected chi connectivity index (χ1v) is 5.71. The molecule has 0 spiro atoms. The van der Waals surface area contributed by atoms with E-state index in [-0.39, 0.29) is 12.1 Å². The average Bonchev–Trinajstić information content (AvgIpc) is 2.24. The second-order valence-electron chi connectivity index (χ2n) is 5.26. The Labute approximate surface area is 107 Å². The third-order valence-electron chi connectivity index (χ3n) is 2.41. The lowest BCUT2D eigenvalue weighted by Gasteiger charge is -2.35. The van der Waals surface area contributed by atoms with Gasteiger partial charge in [-0.15, -0.1) is 0 Å². The van der Waals surface area contributed by atoms with E-state index in [0.717, 1.165) is 0 Å². The van der Waals surface area contributed by atoms with Crippen molar-refractivity contribution in [3.8, 4) is 0 Å². The number of carboxylic acids is 1. The number of rotatable bonds is 4. The van der Waals surface area contributed by atoms with Crippen LogP contribution >= 0.6 is 0 Å². The van der Waals surface area contributed by atoms with E-state index in [1.54, 1.807) is 22.1 Å². The number of aromatic nitrogens is 2. The number of anilines is 2. The molecule has 1 rings (SSSR count). The summed E-state index contributed by atoms with van der Waals surface area (Å²) in [6, 6.07) is 1.72. The smallest absolute Gasteiger partial charge is 0.323 e. The molecule has 0 saturated carbocycles. The van der Waals surface area contributed by atoms with Crippen molar-refractivity contribution in [3.63, 3.8) is 0 Å². The summed E-state index contributed by atoms with van der Waals surface area (Å²) in [6.45, 7) is 5.77. The first-order valence-electron chi connectivity index (χ1n) is 5.71. The minimum Gasteiger partial charge on any atom is -0.480 e. The average molecular weight is 252 g/mol. The van der Waals surface area contributed by atoms with E-state index in [1.807, 2.05) is 34.9 Å². The summed E-state index contributed by atoms with van der Waals surface area (Å²) in [7, 11) is 3.69. The van der Waals surface area contributed by atoms with Gasteiger partial charge in [0.05, 0.1) is 0 Å². The van der Waals surface area contributed by atoms with E-state index >= 15 is 0 Å². The molecular weight excluding hydrogens is 232 g/mol. The van der Waals surface area contributed by atoms with Crippen LogP contribution in [0.4, 0.5) is 11.8 Å². The second kappa shape index (κ2) is 5.20. The Hall–Kier alpha value is -1.85. The molecule has 1 heterocycles. The molecule has 0 unspecified atom stereocenters. The van der Waals surface area contributed by atoms with Crippen molar-refractivity contribution in [1.82, 2.24) is 9.97 Å². The van der Waals surface area contributed by atoms with Crippen LogP contribution in [0.5, 0.6) is 0 Å². The van der Waals surface area contributed by atoms with Crippen molar-refractivity contribution < 1.29 is 9.90 Å². The zero-order chi connectivity index (χ0) is 13.9. The molecule has 0 atom stereocenters. The quantitative estimate of drug-likeness (QED) is 0.869. The van der Waals surface area contributed by atoms with Gasteiger partial charge in [0.25, 0.3) is 0 Å². The molecule has 0 radical (unpaired) electrons. The van der Waals surface area contributed by atoms with Gasteiger partial charge in [0.1, 0.15) is 12.4 Å². The summed E-state index contributed by atoms with van der Waals surface area (Å²) < 4.78 is 0. The first-order chi connectivity index (χ1) is 8.21. The number of nitrogens with zero attached hydrogens (tertiary/aromatic N) is 4. The minimum absolute atomic E-state index is 0.0899. The summed E-state index contributed by atoms with van der Waals surface area (Å²) in [5, 5.41) is 8.99. The van der Waals surface area contributed by atoms with Crippen LogP contribution in [0.1, 0.15) is 20.8 Å². The van der Waals surface area contributed by atoms with Crippen molar-refractivity contribution >= 4 is 17.7 Å². The highest BCUT2D eigenvalue weighted by molar-refractivity contribution is 5.73. The number of hydrogen-bond acceptors (Lipinski definition) is 5. The summed E-state index contributed by atoms with van der Waals surface area (Å²) in [4.78, 5) is 23.0. The van der Waals surface area contributed by atoms with Gasteiger partial charge < -0.3 is 14.9 Å². The van der Waals surface area contributed by atoms with Crippen molar-refractivity contribution in [2.75, 3.05) is 30.4 Å². The monoisotopic (exact) mass is 252 g/mol. The fraction of sp³-hybridized carbons (Fsp3) is 0.583. The van der Waals surface area contributed by atoms with Gasteiger partial charge in [-0.2, -0.15) is 4.98 Å². The van der Waals surface area contributed by atoms with Crippen molar-refractivity contribution in [2.24, 2.45) is 0 Å². The maximum Gasteiger partial charge on any atom is 0.323 e. The maximum atomic E-state index is 11.0. The Kier molecular flexibility index (Phi) is 4.11. The zero-order valence-corrected chi connectivity index (χ0v) is 11.5. The van der Waals surface area contributed by atoms with Crippen molar-refractivity contribution in [2.45, 2.75) is 26.3 Å². The maximum absolute atomic E-state index is 11.0. The number of carboxylic acid groups (broad SMARTS) is 1. The molecule has 6 nitrogen and oxygen atoms in total. The Morgan fingerprint density at radius 3 is 2.44 bits per heavy atom. The highest BCUT2D eigenvalue weighted by Crippen LogP contribution is 2.22. The highest BCUT2D eigenvalue weighted by Gasteiger charge is 2.25. The lowest BCUT2D eigenvalue weighted by molar-refractivity contribution is -0.135. The Bertz CT molecular complexity index is 426. The van der Waals surface area contributed by atoms with Gasteiger partial charge in [-0.25, -0.2) is 4.98 Å². The molecule has 1 N–H and O–H groups in total. The zero-order valence-electron chi connectivity index (χ0n) is 11.5. The molecule has 6 heteroatoms. The van der Waals surface area contributed by atoms with Gasteiger partial charge in [0, 0.05) is 25.8 Å². The third-order valence-corrected chi connectivity index (χ3v) is 2.41. The Balaban J connectivity index is 3.13. The molecule has 0 aliphatic rings. The molecular formula is C12H20N4O2. The topological polar surface area (TPSA) is 69.6 Å². The van der Waals surface area contributed by atoms with Crippen LogP contribution in [0.3, 0.4) is 0 Å². The van der Waals surface area contributed by atoms with Gasteiger partial charge in [-0.05, 0) is 26.8 Å². The normalized spacial score (nSPS) is 11.2. The van der Waals surface area contributed by atoms with E-state index in [1.165, 1.54) is 0 Å². The van der Waals surface area contributed by atoms with Crippen LogP contribution in [-0.4, -0.2) is 47.2 Å². The van der Waals surface area contributed by atoms with Gasteiger partial charge in [-0.3, -0.25) is 4.79 Å². The van der Waals surface area contributed by atoms with E-state index in [2.05, 4.69) is 9.97 Å². The van der Waals surface area contributed by atoms with Crippen LogP contribution in [0.25, 0.3) is 0 Å². The first kappa shape index (κ1) is 14.2. The molecule has 0 saturated heterocycles. The Morgan fingerprint density at radius 1 is 1.39 bits per heavy atom. The summed E-state index contributed by atoms with van der Waals surface area (Å²) in [5.74, 6) is 0.297. The van der Waals surface area contributed by atoms with E-state index in [4.69, 9.17) is 5.11 Å². The van der Waals surface area contributed by atoms with Crippen LogP contribution in [0, 0.1) is 0 Å². The number of hydrogen-bond donors (Lipinski definition) is 1. The van der Waals surface area contributed by atoms with Crippen LogP contribution in [0.2, 0.25) is 0 Å². The van der Waals surface area contributed by atoms with Crippen LogP contribution < -0.4 is 9.80 Å². The fourth-order valence-corrected chi connectivity index (χ4v) is 1.50. The molecule has 1 aromatic rings. The van der Waals surface area contributed by atoms with Crippen molar-refractivity contribution in [3.05, 3.63) is 12.3 Å². The summed E-state index contributed by atoms with van der Waals surface area (Å²) >= 11 is 0. The van der Waals surface area contributed by atoms with E-state index in [0.29, 0.717) is 11.8 Å². The second-order valence-corrected chi connectivity index (χ2v) is 5.26. The Morgan fingerprint density at radius 2 is 2.00 bits per heavy atom. The lowest BCUT2D eigenvalue weighted by Crippen LogP contribution is -2.45. The molecule has 0 aliphatic carbocycles. The predicted octanol–water partition coefficient (Wildman–Crippen LogP) is 1.23. The molecule has 0 amide bonds. The third kappa shape index (κ3) is 3.58. The van der Waals surface area contributed by atoms with Crippen LogP contribution in [-0.2, 0) is 4.79 Å². The lowest BCUT2D eigenvalue weighted by atomic mass is 10.1. The highest BCUT2D eigenvalue weighted by atomic mass is 16.4. The fourth-order valence-electron chi connectivity index (χ4n) is 1.50. The molecule has 0 aliphatic heterocycles. The van der Waals surface area contributed by atoms with Gasteiger partial charge in [0.2, 0.25) is 5.95 Å². The SMILES string of the molecule is CN(C)c1nccc(N(CC(=O)O)C(C)(C)C)n1. The summed E-state index contributed by atoms with van der Waals surface area (Å²) in [5.41, 5.74) is -0.323. The van der Waals surface area contributed by atoms with Crippen molar-refractivity contribution in [1.29, 1.82) is 0 Å². The largest absolute Gasteiger partial charge is 0.480 e. The van der Waals surface area contributed by atoms with Crippen LogP contribution in [0.15, 0.2) is 12.3 Å². The standard InChI is InChI=1S/C12H20N4O2/c1-12(2,3)16(8-10(17)18)9-6-7-13-11(14-9)15(4)5/h6-7H,8H2,1-5H3,(H,17,18). The van der Waals surface area contributed by atoms with Gasteiger partial charge in [0.15, 0.2) is 0 Å². The molecule has 100 valence electrons.